The molecule has 0 saturated heterocycles. The van der Waals surface area contributed by atoms with E-state index in [4.69, 9.17) is 0 Å². The summed E-state index contributed by atoms with van der Waals surface area (Å²) in [7, 11) is 0. The van der Waals surface area contributed by atoms with Crippen LogP contribution in [0.1, 0.15) is 46.0 Å². The van der Waals surface area contributed by atoms with Crippen molar-refractivity contribution in [2.45, 2.75) is 46.0 Å². The molecular weight excluding hydrogens is 268 g/mol. The molecule has 2 amide bonds. The Morgan fingerprint density at radius 2 is 2.10 bits per heavy atom. The number of urea groups is 1. The quantitative estimate of drug-likeness (QED) is 0.786. The Labute approximate surface area is 126 Å². The number of carbonyl (C=O) groups is 2. The first kappa shape index (κ1) is 15.9. The minimum atomic E-state index is -0.775. The van der Waals surface area contributed by atoms with Crippen LogP contribution in [0.25, 0.3) is 0 Å². The number of nitrogens with zero attached hydrogens (tertiary/aromatic N) is 1. The fraction of sp³-hybridized carbons (Fsp3) is 0.750. The summed E-state index contributed by atoms with van der Waals surface area (Å²) in [5, 5.41) is 12.4. The number of hydrogen-bond donors (Lipinski definition) is 2. The molecule has 0 aromatic carbocycles. The first-order valence-corrected chi connectivity index (χ1v) is 7.85. The van der Waals surface area contributed by atoms with Crippen molar-refractivity contribution < 1.29 is 14.7 Å². The predicted molar refractivity (Wildman–Crippen MR) is 81.0 cm³/mol. The maximum absolute atomic E-state index is 12.2. The van der Waals surface area contributed by atoms with Gasteiger partial charge < -0.3 is 15.3 Å². The number of rotatable bonds is 3. The van der Waals surface area contributed by atoms with E-state index in [0.29, 0.717) is 31.8 Å². The Morgan fingerprint density at radius 3 is 2.67 bits per heavy atom. The Morgan fingerprint density at radius 1 is 1.43 bits per heavy atom. The smallest absolute Gasteiger partial charge is 0.317 e. The first-order chi connectivity index (χ1) is 9.93. The van der Waals surface area contributed by atoms with Crippen molar-refractivity contribution in [3.8, 4) is 0 Å². The second-order valence-corrected chi connectivity index (χ2v) is 6.69. The molecule has 2 rings (SSSR count). The van der Waals surface area contributed by atoms with Crippen LogP contribution in [0.15, 0.2) is 11.6 Å². The lowest BCUT2D eigenvalue weighted by Crippen LogP contribution is -2.49. The van der Waals surface area contributed by atoms with E-state index >= 15 is 0 Å². The molecule has 5 nitrogen and oxygen atoms in total. The molecule has 0 aromatic rings. The Balaban J connectivity index is 1.92. The van der Waals surface area contributed by atoms with Gasteiger partial charge in [-0.05, 0) is 44.9 Å². The van der Waals surface area contributed by atoms with Crippen LogP contribution >= 0.6 is 0 Å². The molecule has 1 fully saturated rings. The largest absolute Gasteiger partial charge is 0.481 e. The van der Waals surface area contributed by atoms with Gasteiger partial charge in [-0.15, -0.1) is 0 Å². The number of nitrogens with one attached hydrogen (secondary N) is 1. The van der Waals surface area contributed by atoms with Gasteiger partial charge in [0, 0.05) is 19.6 Å². The molecule has 1 aliphatic carbocycles. The van der Waals surface area contributed by atoms with Crippen LogP contribution in [-0.4, -0.2) is 41.6 Å². The fourth-order valence-corrected chi connectivity index (χ4v) is 3.22. The van der Waals surface area contributed by atoms with Crippen molar-refractivity contribution in [1.82, 2.24) is 10.2 Å². The molecule has 5 heteroatoms. The number of carbonyl (C=O) groups excluding carboxylic acids is 1. The maximum Gasteiger partial charge on any atom is 0.317 e. The number of amides is 2. The van der Waals surface area contributed by atoms with Crippen molar-refractivity contribution >= 4 is 12.0 Å². The van der Waals surface area contributed by atoms with Gasteiger partial charge in [0.2, 0.25) is 0 Å². The summed E-state index contributed by atoms with van der Waals surface area (Å²) in [6, 6.07) is -0.137. The molecule has 1 saturated carbocycles. The van der Waals surface area contributed by atoms with E-state index in [1.807, 2.05) is 6.92 Å². The monoisotopic (exact) mass is 294 g/mol. The van der Waals surface area contributed by atoms with Crippen LogP contribution in [0, 0.1) is 11.3 Å². The summed E-state index contributed by atoms with van der Waals surface area (Å²) in [4.78, 5) is 25.6. The molecule has 0 atom stereocenters. The van der Waals surface area contributed by atoms with E-state index in [9.17, 15) is 14.7 Å². The number of carboxylic acids is 1. The van der Waals surface area contributed by atoms with Gasteiger partial charge >= 0.3 is 12.0 Å². The zero-order valence-corrected chi connectivity index (χ0v) is 13.0. The van der Waals surface area contributed by atoms with E-state index in [-0.39, 0.29) is 12.6 Å². The zero-order chi connectivity index (χ0) is 15.5. The van der Waals surface area contributed by atoms with Crippen LogP contribution in [-0.2, 0) is 4.79 Å². The lowest BCUT2D eigenvalue weighted by atomic mass is 9.71. The Bertz CT molecular complexity index is 437. The van der Waals surface area contributed by atoms with E-state index in [0.717, 1.165) is 19.3 Å². The molecule has 0 unspecified atom stereocenters. The number of aliphatic carboxylic acids is 1. The van der Waals surface area contributed by atoms with Crippen molar-refractivity contribution in [2.75, 3.05) is 19.6 Å². The topological polar surface area (TPSA) is 69.6 Å². The molecule has 0 spiro atoms. The molecule has 2 aliphatic rings. The van der Waals surface area contributed by atoms with Gasteiger partial charge in [-0.25, -0.2) is 4.79 Å². The number of carboxylic acid groups (broad SMARTS) is 1. The second kappa shape index (κ2) is 6.50. The maximum atomic E-state index is 12.2. The summed E-state index contributed by atoms with van der Waals surface area (Å²) < 4.78 is 0. The Hall–Kier alpha value is -1.52. The molecule has 0 aromatic heterocycles. The molecule has 2 N–H and O–H groups in total. The third kappa shape index (κ3) is 3.77. The van der Waals surface area contributed by atoms with Gasteiger partial charge in [-0.3, -0.25) is 4.79 Å². The Kier molecular flexibility index (Phi) is 4.91. The van der Waals surface area contributed by atoms with Gasteiger partial charge in [0.15, 0.2) is 0 Å². The van der Waals surface area contributed by atoms with E-state index in [1.165, 1.54) is 5.57 Å². The van der Waals surface area contributed by atoms with Crippen molar-refractivity contribution in [2.24, 2.45) is 11.3 Å². The molecule has 1 heterocycles. The normalized spacial score (nSPS) is 29.7. The molecule has 0 radical (unpaired) electrons. The summed E-state index contributed by atoms with van der Waals surface area (Å²) in [5.41, 5.74) is 0.416. The molecule has 1 aliphatic heterocycles. The van der Waals surface area contributed by atoms with Crippen LogP contribution in [0.3, 0.4) is 0 Å². The van der Waals surface area contributed by atoms with E-state index in [2.05, 4.69) is 18.3 Å². The van der Waals surface area contributed by atoms with Gasteiger partial charge in [0.25, 0.3) is 0 Å². The third-order valence-corrected chi connectivity index (χ3v) is 4.88. The average molecular weight is 294 g/mol. The molecule has 118 valence electrons. The minimum Gasteiger partial charge on any atom is -0.481 e. The van der Waals surface area contributed by atoms with Crippen LogP contribution in [0.4, 0.5) is 4.79 Å². The van der Waals surface area contributed by atoms with E-state index in [1.54, 1.807) is 4.90 Å². The first-order valence-electron chi connectivity index (χ1n) is 7.85. The summed E-state index contributed by atoms with van der Waals surface area (Å²) in [5.74, 6) is -0.188. The van der Waals surface area contributed by atoms with Crippen molar-refractivity contribution in [3.63, 3.8) is 0 Å². The standard InChI is InChI=1S/C16H26N2O3/c1-12-5-7-16(8-6-12,14(19)20)11-17-15(21)18-9-3-4-13(2)10-18/h4,12H,3,5-11H2,1-2H3,(H,17,21)(H,19,20). The minimum absolute atomic E-state index is 0.137. The lowest BCUT2D eigenvalue weighted by Gasteiger charge is -2.36. The summed E-state index contributed by atoms with van der Waals surface area (Å²) in [6.07, 6.45) is 6.18. The van der Waals surface area contributed by atoms with Gasteiger partial charge in [-0.2, -0.15) is 0 Å². The van der Waals surface area contributed by atoms with Crippen LogP contribution in [0.2, 0.25) is 0 Å². The van der Waals surface area contributed by atoms with Gasteiger partial charge in [0.05, 0.1) is 5.41 Å². The summed E-state index contributed by atoms with van der Waals surface area (Å²) >= 11 is 0. The number of hydrogen-bond acceptors (Lipinski definition) is 2. The van der Waals surface area contributed by atoms with E-state index < -0.39 is 11.4 Å². The SMILES string of the molecule is CC1=CCCN(C(=O)NCC2(C(=O)O)CCC(C)CC2)C1. The van der Waals surface area contributed by atoms with Gasteiger partial charge in [0.1, 0.15) is 0 Å². The van der Waals surface area contributed by atoms with Crippen molar-refractivity contribution in [3.05, 3.63) is 11.6 Å². The second-order valence-electron chi connectivity index (χ2n) is 6.69. The van der Waals surface area contributed by atoms with Crippen LogP contribution in [0.5, 0.6) is 0 Å². The highest BCUT2D eigenvalue weighted by Gasteiger charge is 2.41. The highest BCUT2D eigenvalue weighted by molar-refractivity contribution is 5.78. The average Bonchev–Trinajstić information content (AvgIpc) is 2.46. The zero-order valence-electron chi connectivity index (χ0n) is 13.0. The van der Waals surface area contributed by atoms with Crippen molar-refractivity contribution in [1.29, 1.82) is 0 Å². The molecule has 0 bridgehead atoms. The molecular formula is C16H26N2O3. The van der Waals surface area contributed by atoms with Gasteiger partial charge in [-0.1, -0.05) is 18.6 Å². The lowest BCUT2D eigenvalue weighted by molar-refractivity contribution is -0.151. The molecule has 21 heavy (non-hydrogen) atoms. The predicted octanol–water partition coefficient (Wildman–Crippen LogP) is 2.63. The fourth-order valence-electron chi connectivity index (χ4n) is 3.22. The van der Waals surface area contributed by atoms with Crippen LogP contribution < -0.4 is 5.32 Å². The highest BCUT2D eigenvalue weighted by atomic mass is 16.4. The third-order valence-electron chi connectivity index (χ3n) is 4.88. The highest BCUT2D eigenvalue weighted by Crippen LogP contribution is 2.38. The summed E-state index contributed by atoms with van der Waals surface area (Å²) in [6.45, 7) is 5.77.